The molecule has 0 saturated heterocycles. The number of carbonyl (C=O) groups is 2. The van der Waals surface area contributed by atoms with Crippen LogP contribution in [0.1, 0.15) is 49.0 Å². The largest absolute Gasteiger partial charge is 0.496 e. The van der Waals surface area contributed by atoms with Gasteiger partial charge in [0.25, 0.3) is 5.91 Å². The van der Waals surface area contributed by atoms with Gasteiger partial charge < -0.3 is 29.5 Å². The summed E-state index contributed by atoms with van der Waals surface area (Å²) >= 11 is 6.50. The molecule has 9 nitrogen and oxygen atoms in total. The van der Waals surface area contributed by atoms with Crippen LogP contribution in [0.2, 0.25) is 5.02 Å². The van der Waals surface area contributed by atoms with Crippen LogP contribution in [0.25, 0.3) is 22.4 Å². The zero-order valence-corrected chi connectivity index (χ0v) is 26.5. The number of carboxylic acids is 1. The second-order valence-electron chi connectivity index (χ2n) is 10.7. The molecule has 0 radical (unpaired) electrons. The number of amides is 1. The molecule has 2 N–H and O–H groups in total. The minimum Gasteiger partial charge on any atom is -0.496 e. The van der Waals surface area contributed by atoms with Gasteiger partial charge in [-0.15, -0.1) is 12.4 Å². The van der Waals surface area contributed by atoms with Crippen LogP contribution >= 0.6 is 24.0 Å². The van der Waals surface area contributed by atoms with Crippen molar-refractivity contribution in [1.29, 1.82) is 0 Å². The van der Waals surface area contributed by atoms with Crippen molar-refractivity contribution in [2.45, 2.75) is 44.1 Å². The highest BCUT2D eigenvalue weighted by Gasteiger charge is 2.41. The average molecular weight is 633 g/mol. The van der Waals surface area contributed by atoms with Crippen molar-refractivity contribution in [3.05, 3.63) is 59.2 Å². The molecule has 2 aromatic carbocycles. The Bertz CT molecular complexity index is 1400. The normalized spacial score (nSPS) is 14.0. The molecule has 1 fully saturated rings. The second-order valence-corrected chi connectivity index (χ2v) is 11.1. The van der Waals surface area contributed by atoms with Crippen LogP contribution in [0, 0.1) is 0 Å². The summed E-state index contributed by atoms with van der Waals surface area (Å²) in [6.07, 6.45) is 3.99. The number of carbonyl (C=O) groups excluding carboxylic acids is 1. The average Bonchev–Trinajstić information content (AvgIpc) is 2.99. The molecule has 11 heteroatoms. The lowest BCUT2D eigenvalue weighted by molar-refractivity contribution is -0.145. The summed E-state index contributed by atoms with van der Waals surface area (Å²) in [5, 5.41) is 13.3. The van der Waals surface area contributed by atoms with Gasteiger partial charge >= 0.3 is 5.97 Å². The van der Waals surface area contributed by atoms with Gasteiger partial charge in [-0.05, 0) is 69.8 Å². The lowest BCUT2D eigenvalue weighted by atomic mass is 9.81. The number of ether oxygens (including phenoxy) is 3. The van der Waals surface area contributed by atoms with Gasteiger partial charge in [0, 0.05) is 17.7 Å². The predicted octanol–water partition coefficient (Wildman–Crippen LogP) is 6.36. The van der Waals surface area contributed by atoms with Crippen molar-refractivity contribution in [1.82, 2.24) is 15.2 Å². The monoisotopic (exact) mass is 631 g/mol. The first kappa shape index (κ1) is 34.0. The van der Waals surface area contributed by atoms with Gasteiger partial charge in [-0.25, -0.2) is 9.78 Å². The van der Waals surface area contributed by atoms with Crippen LogP contribution in [0.5, 0.6) is 17.2 Å². The number of carboxylic acid groups (broad SMARTS) is 1. The number of nitrogens with one attached hydrogen (secondary N) is 1. The third-order valence-electron chi connectivity index (χ3n) is 7.51. The Labute approximate surface area is 263 Å². The molecule has 0 spiro atoms. The minimum absolute atomic E-state index is 0. The van der Waals surface area contributed by atoms with Gasteiger partial charge in [-0.2, -0.15) is 0 Å². The molecule has 0 atom stereocenters. The Morgan fingerprint density at radius 3 is 2.28 bits per heavy atom. The van der Waals surface area contributed by atoms with Crippen LogP contribution in [0.15, 0.2) is 48.5 Å². The molecule has 1 heterocycles. The maximum absolute atomic E-state index is 13.5. The molecule has 1 aliphatic rings. The summed E-state index contributed by atoms with van der Waals surface area (Å²) in [4.78, 5) is 32.6. The number of pyridine rings is 1. The van der Waals surface area contributed by atoms with E-state index >= 15 is 0 Å². The third kappa shape index (κ3) is 7.90. The Morgan fingerprint density at radius 1 is 1.00 bits per heavy atom. The van der Waals surface area contributed by atoms with Gasteiger partial charge in [0.15, 0.2) is 0 Å². The van der Waals surface area contributed by atoms with Crippen molar-refractivity contribution < 1.29 is 28.9 Å². The minimum atomic E-state index is -1.31. The SMILES string of the molecule is COc1cccc(OC)c1-c1ccc(C(=O)NC2(C(=O)O)CCCCC2)nc1-c1ccc(Cl)c(OCCCN(C)C)c1.Cl. The van der Waals surface area contributed by atoms with E-state index < -0.39 is 17.4 Å². The van der Waals surface area contributed by atoms with Crippen molar-refractivity contribution in [3.63, 3.8) is 0 Å². The Balaban J connectivity index is 0.00000506. The highest BCUT2D eigenvalue weighted by Crippen LogP contribution is 2.43. The van der Waals surface area contributed by atoms with Gasteiger partial charge in [-0.1, -0.05) is 43.0 Å². The van der Waals surface area contributed by atoms with Crippen LogP contribution in [-0.4, -0.2) is 73.9 Å². The van der Waals surface area contributed by atoms with Gasteiger partial charge in [0.2, 0.25) is 0 Å². The molecule has 0 aliphatic heterocycles. The molecule has 1 aliphatic carbocycles. The maximum Gasteiger partial charge on any atom is 0.329 e. The van der Waals surface area contributed by atoms with E-state index in [4.69, 9.17) is 30.8 Å². The quantitative estimate of drug-likeness (QED) is 0.222. The first-order valence-electron chi connectivity index (χ1n) is 14.0. The van der Waals surface area contributed by atoms with E-state index in [9.17, 15) is 14.7 Å². The third-order valence-corrected chi connectivity index (χ3v) is 7.82. The highest BCUT2D eigenvalue weighted by atomic mass is 35.5. The van der Waals surface area contributed by atoms with Crippen LogP contribution in [0.3, 0.4) is 0 Å². The number of benzene rings is 2. The smallest absolute Gasteiger partial charge is 0.329 e. The molecule has 232 valence electrons. The fourth-order valence-corrected chi connectivity index (χ4v) is 5.45. The Kier molecular flexibility index (Phi) is 12.1. The molecular formula is C32H39Cl2N3O6. The van der Waals surface area contributed by atoms with E-state index in [1.54, 1.807) is 38.5 Å². The molecule has 43 heavy (non-hydrogen) atoms. The lowest BCUT2D eigenvalue weighted by Crippen LogP contribution is -2.55. The number of nitrogens with zero attached hydrogens (tertiary/aromatic N) is 2. The number of hydrogen-bond donors (Lipinski definition) is 2. The summed E-state index contributed by atoms with van der Waals surface area (Å²) < 4.78 is 17.4. The zero-order valence-electron chi connectivity index (χ0n) is 24.9. The van der Waals surface area contributed by atoms with Crippen LogP contribution in [-0.2, 0) is 4.79 Å². The van der Waals surface area contributed by atoms with E-state index in [-0.39, 0.29) is 18.1 Å². The maximum atomic E-state index is 13.5. The molecular weight excluding hydrogens is 593 g/mol. The second kappa shape index (κ2) is 15.3. The number of halogens is 2. The van der Waals surface area contributed by atoms with Gasteiger partial charge in [0.05, 0.1) is 37.1 Å². The van der Waals surface area contributed by atoms with Crippen LogP contribution < -0.4 is 19.5 Å². The van der Waals surface area contributed by atoms with Gasteiger partial charge in [-0.3, -0.25) is 4.79 Å². The van der Waals surface area contributed by atoms with Crippen molar-refractivity contribution in [2.75, 3.05) is 41.5 Å². The number of rotatable bonds is 12. The van der Waals surface area contributed by atoms with E-state index in [0.29, 0.717) is 64.1 Å². The summed E-state index contributed by atoms with van der Waals surface area (Å²) in [5.41, 5.74) is 1.23. The molecule has 0 unspecified atom stereocenters. The molecule has 1 amide bonds. The summed E-state index contributed by atoms with van der Waals surface area (Å²) in [5.74, 6) is 0.0502. The van der Waals surface area contributed by atoms with E-state index in [0.717, 1.165) is 32.2 Å². The van der Waals surface area contributed by atoms with Crippen molar-refractivity contribution in [3.8, 4) is 39.6 Å². The molecule has 1 aromatic heterocycles. The number of aliphatic carboxylic acids is 1. The lowest BCUT2D eigenvalue weighted by Gasteiger charge is -2.33. The Morgan fingerprint density at radius 2 is 1.67 bits per heavy atom. The number of hydrogen-bond acceptors (Lipinski definition) is 7. The van der Waals surface area contributed by atoms with E-state index in [1.807, 2.05) is 38.4 Å². The standard InChI is InChI=1S/C32H38ClN3O6.ClH/c1-36(2)18-9-19-42-27-20-21(12-14-23(27)33)29-22(28-25(40-3)10-8-11-26(28)41-4)13-15-24(34-29)30(37)35-32(31(38)39)16-6-5-7-17-32;/h8,10-15,20H,5-7,9,16-19H2,1-4H3,(H,35,37)(H,38,39);1H. The number of aromatic nitrogens is 1. The first-order valence-corrected chi connectivity index (χ1v) is 14.4. The fourth-order valence-electron chi connectivity index (χ4n) is 5.28. The van der Waals surface area contributed by atoms with E-state index in [2.05, 4.69) is 10.2 Å². The molecule has 1 saturated carbocycles. The van der Waals surface area contributed by atoms with Crippen LogP contribution in [0.4, 0.5) is 0 Å². The van der Waals surface area contributed by atoms with Gasteiger partial charge in [0.1, 0.15) is 28.5 Å². The summed E-state index contributed by atoms with van der Waals surface area (Å²) in [6.45, 7) is 1.34. The zero-order chi connectivity index (χ0) is 30.3. The highest BCUT2D eigenvalue weighted by molar-refractivity contribution is 6.32. The number of methoxy groups -OCH3 is 2. The topological polar surface area (TPSA) is 110 Å². The Hall–Kier alpha value is -3.53. The predicted molar refractivity (Wildman–Crippen MR) is 170 cm³/mol. The summed E-state index contributed by atoms with van der Waals surface area (Å²) in [7, 11) is 7.15. The van der Waals surface area contributed by atoms with Crippen molar-refractivity contribution >= 4 is 35.9 Å². The molecule has 3 aromatic rings. The summed E-state index contributed by atoms with van der Waals surface area (Å²) in [6, 6.07) is 14.2. The molecule has 4 rings (SSSR count). The molecule has 0 bridgehead atoms. The first-order chi connectivity index (χ1) is 20.2. The van der Waals surface area contributed by atoms with E-state index in [1.165, 1.54) is 0 Å². The van der Waals surface area contributed by atoms with Crippen molar-refractivity contribution in [2.24, 2.45) is 0 Å². The fraction of sp³-hybridized carbons (Fsp3) is 0.406.